The molecule has 0 heterocycles. The molecule has 0 bridgehead atoms. The predicted molar refractivity (Wildman–Crippen MR) is 71.3 cm³/mol. The Morgan fingerprint density at radius 1 is 1.25 bits per heavy atom. The summed E-state index contributed by atoms with van der Waals surface area (Å²) in [6.07, 6.45) is 5.87. The normalized spacial score (nSPS) is 12.1. The van der Waals surface area contributed by atoms with Crippen LogP contribution in [-0.2, 0) is 0 Å². The molecular formula is C14H18BrN. The minimum absolute atomic E-state index is 0.0347. The van der Waals surface area contributed by atoms with Crippen molar-refractivity contribution in [2.45, 2.75) is 44.9 Å². The zero-order chi connectivity index (χ0) is 11.8. The molecule has 1 rings (SSSR count). The van der Waals surface area contributed by atoms with Crippen LogP contribution in [-0.4, -0.2) is 0 Å². The SMILES string of the molecule is CCCCCC[C@H](C#N)c1ccccc1Br. The van der Waals surface area contributed by atoms with Crippen LogP contribution < -0.4 is 0 Å². The first-order valence-electron chi connectivity index (χ1n) is 5.93. The average molecular weight is 280 g/mol. The van der Waals surface area contributed by atoms with Crippen molar-refractivity contribution in [2.75, 3.05) is 0 Å². The summed E-state index contributed by atoms with van der Waals surface area (Å²) < 4.78 is 1.05. The van der Waals surface area contributed by atoms with Gasteiger partial charge >= 0.3 is 0 Å². The number of unbranched alkanes of at least 4 members (excludes halogenated alkanes) is 3. The van der Waals surface area contributed by atoms with E-state index in [1.165, 1.54) is 19.3 Å². The smallest absolute Gasteiger partial charge is 0.0723 e. The highest BCUT2D eigenvalue weighted by atomic mass is 79.9. The summed E-state index contributed by atoms with van der Waals surface area (Å²) in [5, 5.41) is 9.19. The van der Waals surface area contributed by atoms with Gasteiger partial charge in [0.25, 0.3) is 0 Å². The first-order chi connectivity index (χ1) is 7.79. The lowest BCUT2D eigenvalue weighted by molar-refractivity contribution is 0.607. The van der Waals surface area contributed by atoms with Crippen molar-refractivity contribution in [1.82, 2.24) is 0 Å². The minimum Gasteiger partial charge on any atom is -0.198 e. The lowest BCUT2D eigenvalue weighted by Crippen LogP contribution is -1.97. The summed E-state index contributed by atoms with van der Waals surface area (Å²) >= 11 is 3.51. The molecular weight excluding hydrogens is 262 g/mol. The number of nitrogens with zero attached hydrogens (tertiary/aromatic N) is 1. The molecule has 0 saturated carbocycles. The second kappa shape index (κ2) is 7.46. The fourth-order valence-corrected chi connectivity index (χ4v) is 2.38. The second-order valence-electron chi connectivity index (χ2n) is 4.05. The van der Waals surface area contributed by atoms with Gasteiger partial charge in [0.15, 0.2) is 0 Å². The molecule has 0 radical (unpaired) electrons. The van der Waals surface area contributed by atoms with Gasteiger partial charge in [-0.1, -0.05) is 66.7 Å². The average Bonchev–Trinajstić information content (AvgIpc) is 2.31. The third-order valence-electron chi connectivity index (χ3n) is 2.78. The van der Waals surface area contributed by atoms with E-state index in [2.05, 4.69) is 28.9 Å². The number of hydrogen-bond donors (Lipinski definition) is 0. The number of rotatable bonds is 6. The standard InChI is InChI=1S/C14H18BrN/c1-2-3-4-5-8-12(11-16)13-9-6-7-10-14(13)15/h6-7,9-10,12H,2-5,8H2,1H3/t12-/m1/s1. The number of halogens is 1. The molecule has 1 aromatic rings. The molecule has 0 aliphatic rings. The highest BCUT2D eigenvalue weighted by Gasteiger charge is 2.12. The Hall–Kier alpha value is -0.810. The zero-order valence-corrected chi connectivity index (χ0v) is 11.3. The Morgan fingerprint density at radius 3 is 2.62 bits per heavy atom. The van der Waals surface area contributed by atoms with Crippen LogP contribution in [0.25, 0.3) is 0 Å². The Morgan fingerprint density at radius 2 is 2.00 bits per heavy atom. The van der Waals surface area contributed by atoms with Gasteiger partial charge in [-0.3, -0.25) is 0 Å². The third kappa shape index (κ3) is 3.98. The summed E-state index contributed by atoms with van der Waals surface area (Å²) in [7, 11) is 0. The highest BCUT2D eigenvalue weighted by molar-refractivity contribution is 9.10. The second-order valence-corrected chi connectivity index (χ2v) is 4.91. The van der Waals surface area contributed by atoms with E-state index in [0.717, 1.165) is 22.9 Å². The fourth-order valence-electron chi connectivity index (χ4n) is 1.82. The summed E-state index contributed by atoms with van der Waals surface area (Å²) in [6, 6.07) is 10.4. The van der Waals surface area contributed by atoms with Crippen molar-refractivity contribution in [3.63, 3.8) is 0 Å². The van der Waals surface area contributed by atoms with Crippen LogP contribution >= 0.6 is 15.9 Å². The maximum Gasteiger partial charge on any atom is 0.0723 e. The van der Waals surface area contributed by atoms with E-state index in [4.69, 9.17) is 0 Å². The molecule has 0 N–H and O–H groups in total. The molecule has 0 aliphatic heterocycles. The van der Waals surface area contributed by atoms with E-state index >= 15 is 0 Å². The summed E-state index contributed by atoms with van der Waals surface area (Å²) in [5.74, 6) is 0.0347. The van der Waals surface area contributed by atoms with Crippen molar-refractivity contribution in [3.8, 4) is 6.07 Å². The maximum absolute atomic E-state index is 9.19. The van der Waals surface area contributed by atoms with Gasteiger partial charge in [-0.15, -0.1) is 0 Å². The van der Waals surface area contributed by atoms with Crippen molar-refractivity contribution < 1.29 is 0 Å². The van der Waals surface area contributed by atoms with Crippen LogP contribution in [0.1, 0.15) is 50.5 Å². The molecule has 0 spiro atoms. The Balaban J connectivity index is 2.55. The highest BCUT2D eigenvalue weighted by Crippen LogP contribution is 2.28. The van der Waals surface area contributed by atoms with Crippen LogP contribution in [0.3, 0.4) is 0 Å². The number of benzene rings is 1. The van der Waals surface area contributed by atoms with Gasteiger partial charge in [-0.05, 0) is 18.1 Å². The van der Waals surface area contributed by atoms with Crippen molar-refractivity contribution in [1.29, 1.82) is 5.26 Å². The first kappa shape index (κ1) is 13.3. The molecule has 1 aromatic carbocycles. The number of hydrogen-bond acceptors (Lipinski definition) is 1. The predicted octanol–water partition coefficient (Wildman–Crippen LogP) is 5.03. The molecule has 16 heavy (non-hydrogen) atoms. The van der Waals surface area contributed by atoms with Gasteiger partial charge in [0, 0.05) is 4.47 Å². The van der Waals surface area contributed by atoms with E-state index in [9.17, 15) is 5.26 Å². The molecule has 1 atom stereocenters. The van der Waals surface area contributed by atoms with Gasteiger partial charge in [0.1, 0.15) is 0 Å². The van der Waals surface area contributed by atoms with Crippen molar-refractivity contribution >= 4 is 15.9 Å². The topological polar surface area (TPSA) is 23.8 Å². The lowest BCUT2D eigenvalue weighted by atomic mass is 9.94. The van der Waals surface area contributed by atoms with E-state index in [1.807, 2.05) is 24.3 Å². The molecule has 0 unspecified atom stereocenters. The first-order valence-corrected chi connectivity index (χ1v) is 6.73. The molecule has 0 aliphatic carbocycles. The zero-order valence-electron chi connectivity index (χ0n) is 9.75. The molecule has 0 aromatic heterocycles. The van der Waals surface area contributed by atoms with Gasteiger partial charge in [0.2, 0.25) is 0 Å². The molecule has 86 valence electrons. The van der Waals surface area contributed by atoms with E-state index in [-0.39, 0.29) is 5.92 Å². The Labute approximate surface area is 107 Å². The quantitative estimate of drug-likeness (QED) is 0.671. The molecule has 0 amide bonds. The minimum atomic E-state index is 0.0347. The third-order valence-corrected chi connectivity index (χ3v) is 3.50. The summed E-state index contributed by atoms with van der Waals surface area (Å²) in [6.45, 7) is 2.20. The van der Waals surface area contributed by atoms with Gasteiger partial charge in [-0.25, -0.2) is 0 Å². The van der Waals surface area contributed by atoms with Gasteiger partial charge in [0.05, 0.1) is 12.0 Å². The van der Waals surface area contributed by atoms with Crippen LogP contribution in [0.5, 0.6) is 0 Å². The van der Waals surface area contributed by atoms with E-state index < -0.39 is 0 Å². The summed E-state index contributed by atoms with van der Waals surface area (Å²) in [5.41, 5.74) is 1.13. The van der Waals surface area contributed by atoms with Crippen LogP contribution in [0.2, 0.25) is 0 Å². The van der Waals surface area contributed by atoms with E-state index in [0.29, 0.717) is 0 Å². The lowest BCUT2D eigenvalue weighted by Gasteiger charge is -2.10. The largest absolute Gasteiger partial charge is 0.198 e. The Bertz CT molecular complexity index is 354. The molecule has 1 nitrogen and oxygen atoms in total. The van der Waals surface area contributed by atoms with Crippen LogP contribution in [0, 0.1) is 11.3 Å². The van der Waals surface area contributed by atoms with Gasteiger partial charge < -0.3 is 0 Å². The van der Waals surface area contributed by atoms with Crippen molar-refractivity contribution in [3.05, 3.63) is 34.3 Å². The monoisotopic (exact) mass is 279 g/mol. The van der Waals surface area contributed by atoms with Gasteiger partial charge in [-0.2, -0.15) is 5.26 Å². The van der Waals surface area contributed by atoms with E-state index in [1.54, 1.807) is 0 Å². The van der Waals surface area contributed by atoms with Crippen LogP contribution in [0.4, 0.5) is 0 Å². The molecule has 0 fully saturated rings. The molecule has 2 heteroatoms. The Kier molecular flexibility index (Phi) is 6.18. The van der Waals surface area contributed by atoms with Crippen LogP contribution in [0.15, 0.2) is 28.7 Å². The maximum atomic E-state index is 9.19. The fraction of sp³-hybridized carbons (Fsp3) is 0.500. The number of nitriles is 1. The molecule has 0 saturated heterocycles. The summed E-state index contributed by atoms with van der Waals surface area (Å²) in [4.78, 5) is 0. The van der Waals surface area contributed by atoms with Crippen molar-refractivity contribution in [2.24, 2.45) is 0 Å².